The third-order valence-electron chi connectivity index (χ3n) is 7.20. The van der Waals surface area contributed by atoms with Gasteiger partial charge >= 0.3 is 0 Å². The molecule has 3 atom stereocenters. The summed E-state index contributed by atoms with van der Waals surface area (Å²) in [5, 5.41) is 4.29. The molecular formula is C23H25N3O2S. The van der Waals surface area contributed by atoms with Crippen molar-refractivity contribution < 1.29 is 8.42 Å². The predicted molar refractivity (Wildman–Crippen MR) is 115 cm³/mol. The molecule has 0 saturated carbocycles. The summed E-state index contributed by atoms with van der Waals surface area (Å²) in [6.07, 6.45) is 3.36. The van der Waals surface area contributed by atoms with Gasteiger partial charge in [-0.3, -0.25) is 0 Å². The lowest BCUT2D eigenvalue weighted by Gasteiger charge is -2.23. The van der Waals surface area contributed by atoms with Crippen LogP contribution in [-0.4, -0.2) is 32.6 Å². The van der Waals surface area contributed by atoms with E-state index in [4.69, 9.17) is 0 Å². The Kier molecular flexibility index (Phi) is 3.55. The van der Waals surface area contributed by atoms with Gasteiger partial charge in [0.15, 0.2) is 9.84 Å². The SMILES string of the molecule is CN1CC(S(=O)(=O)c2ccc3c(c2)c2c(n3C)CC3CCC2N3)c2ccccc21. The first kappa shape index (κ1) is 17.5. The molecule has 1 saturated heterocycles. The van der Waals surface area contributed by atoms with E-state index in [1.54, 1.807) is 6.07 Å². The molecular weight excluding hydrogens is 382 g/mol. The van der Waals surface area contributed by atoms with Crippen LogP contribution in [0.15, 0.2) is 47.4 Å². The minimum atomic E-state index is -3.48. The fourth-order valence-corrected chi connectivity index (χ4v) is 7.56. The fraction of sp³-hybridized carbons (Fsp3) is 0.391. The number of aromatic nitrogens is 1. The molecule has 6 rings (SSSR count). The van der Waals surface area contributed by atoms with Crippen LogP contribution in [0.25, 0.3) is 10.9 Å². The second-order valence-corrected chi connectivity index (χ2v) is 10.9. The second kappa shape index (κ2) is 5.86. The summed E-state index contributed by atoms with van der Waals surface area (Å²) < 4.78 is 29.6. The maximum atomic E-state index is 13.7. The number of aryl methyl sites for hydroxylation is 1. The Morgan fingerprint density at radius 2 is 1.90 bits per heavy atom. The standard InChI is InChI=1S/C23H25N3O2S/c1-25-13-22(16-5-3-4-6-19(16)25)29(27,28)15-8-10-20-17(12-15)23-18-9-7-14(24-18)11-21(23)26(20)2/h3-6,8,10,12,14,18,22,24H,7,9,11,13H2,1-2H3. The Morgan fingerprint density at radius 3 is 2.76 bits per heavy atom. The summed E-state index contributed by atoms with van der Waals surface area (Å²) in [5.41, 5.74) is 5.74. The predicted octanol–water partition coefficient (Wildman–Crippen LogP) is 3.49. The van der Waals surface area contributed by atoms with Crippen molar-refractivity contribution in [1.82, 2.24) is 9.88 Å². The lowest BCUT2D eigenvalue weighted by atomic mass is 9.99. The van der Waals surface area contributed by atoms with Crippen molar-refractivity contribution in [3.8, 4) is 0 Å². The second-order valence-electron chi connectivity index (χ2n) is 8.77. The van der Waals surface area contributed by atoms with Crippen molar-refractivity contribution in [2.75, 3.05) is 18.5 Å². The molecule has 1 fully saturated rings. The smallest absolute Gasteiger partial charge is 0.187 e. The van der Waals surface area contributed by atoms with Crippen molar-refractivity contribution in [1.29, 1.82) is 0 Å². The van der Waals surface area contributed by atoms with Crippen LogP contribution >= 0.6 is 0 Å². The summed E-state index contributed by atoms with van der Waals surface area (Å²) in [7, 11) is 0.600. The third kappa shape index (κ3) is 2.33. The van der Waals surface area contributed by atoms with Crippen LogP contribution in [0.2, 0.25) is 0 Å². The molecule has 0 radical (unpaired) electrons. The Hall–Kier alpha value is -2.31. The van der Waals surface area contributed by atoms with Crippen molar-refractivity contribution in [2.45, 2.75) is 41.5 Å². The molecule has 3 unspecified atom stereocenters. The van der Waals surface area contributed by atoms with Crippen LogP contribution in [0.4, 0.5) is 5.69 Å². The minimum absolute atomic E-state index is 0.351. The van der Waals surface area contributed by atoms with Gasteiger partial charge in [0, 0.05) is 61.4 Å². The first-order valence-corrected chi connectivity index (χ1v) is 11.9. The molecule has 2 bridgehead atoms. The zero-order valence-electron chi connectivity index (χ0n) is 16.7. The number of anilines is 1. The lowest BCUT2D eigenvalue weighted by Crippen LogP contribution is -2.32. The molecule has 5 nitrogen and oxygen atoms in total. The molecule has 0 amide bonds. The van der Waals surface area contributed by atoms with Crippen molar-refractivity contribution in [2.24, 2.45) is 7.05 Å². The van der Waals surface area contributed by atoms with Gasteiger partial charge in [-0.15, -0.1) is 0 Å². The van der Waals surface area contributed by atoms with Gasteiger partial charge in [0.2, 0.25) is 0 Å². The minimum Gasteiger partial charge on any atom is -0.373 e. The van der Waals surface area contributed by atoms with Gasteiger partial charge < -0.3 is 14.8 Å². The van der Waals surface area contributed by atoms with Gasteiger partial charge in [0.1, 0.15) is 5.25 Å². The first-order chi connectivity index (χ1) is 13.9. The molecule has 0 spiro atoms. The number of sulfone groups is 1. The number of nitrogens with one attached hydrogen (secondary N) is 1. The summed E-state index contributed by atoms with van der Waals surface area (Å²) in [6, 6.07) is 14.5. The summed E-state index contributed by atoms with van der Waals surface area (Å²) in [6.45, 7) is 0.498. The van der Waals surface area contributed by atoms with E-state index in [0.717, 1.165) is 35.0 Å². The van der Waals surface area contributed by atoms with E-state index in [1.807, 2.05) is 48.3 Å². The van der Waals surface area contributed by atoms with Gasteiger partial charge in [0.05, 0.1) is 4.90 Å². The maximum absolute atomic E-state index is 13.7. The van der Waals surface area contributed by atoms with Gasteiger partial charge in [0.25, 0.3) is 0 Å². The number of likely N-dealkylation sites (N-methyl/N-ethyl adjacent to an activating group) is 1. The van der Waals surface area contributed by atoms with E-state index in [9.17, 15) is 8.42 Å². The summed E-state index contributed by atoms with van der Waals surface area (Å²) in [4.78, 5) is 2.48. The van der Waals surface area contributed by atoms with Gasteiger partial charge in [-0.05, 0) is 48.2 Å². The number of para-hydroxylation sites is 1. The van der Waals surface area contributed by atoms with E-state index in [-0.39, 0.29) is 0 Å². The Balaban J connectivity index is 1.51. The number of nitrogens with zero attached hydrogens (tertiary/aromatic N) is 2. The highest BCUT2D eigenvalue weighted by Crippen LogP contribution is 2.44. The maximum Gasteiger partial charge on any atom is 0.187 e. The molecule has 2 aromatic carbocycles. The molecule has 1 aromatic heterocycles. The van der Waals surface area contributed by atoms with Crippen LogP contribution in [0.3, 0.4) is 0 Å². The zero-order chi connectivity index (χ0) is 19.9. The van der Waals surface area contributed by atoms with Gasteiger partial charge in [-0.1, -0.05) is 18.2 Å². The first-order valence-electron chi connectivity index (χ1n) is 10.4. The molecule has 4 heterocycles. The Labute approximate surface area is 171 Å². The summed E-state index contributed by atoms with van der Waals surface area (Å²) >= 11 is 0. The van der Waals surface area contributed by atoms with Gasteiger partial charge in [-0.2, -0.15) is 0 Å². The van der Waals surface area contributed by atoms with E-state index in [1.165, 1.54) is 17.7 Å². The van der Waals surface area contributed by atoms with Crippen LogP contribution in [0.1, 0.15) is 41.0 Å². The molecule has 0 aliphatic carbocycles. The molecule has 29 heavy (non-hydrogen) atoms. The molecule has 3 aliphatic heterocycles. The molecule has 1 N–H and O–H groups in total. The molecule has 6 heteroatoms. The topological polar surface area (TPSA) is 54.3 Å². The Bertz CT molecular complexity index is 1260. The normalized spacial score (nSPS) is 25.4. The van der Waals surface area contributed by atoms with Gasteiger partial charge in [-0.25, -0.2) is 8.42 Å². The average molecular weight is 408 g/mol. The van der Waals surface area contributed by atoms with E-state index < -0.39 is 15.1 Å². The zero-order valence-corrected chi connectivity index (χ0v) is 17.5. The van der Waals surface area contributed by atoms with E-state index in [2.05, 4.69) is 16.9 Å². The van der Waals surface area contributed by atoms with E-state index in [0.29, 0.717) is 23.5 Å². The highest BCUT2D eigenvalue weighted by atomic mass is 32.2. The largest absolute Gasteiger partial charge is 0.373 e. The quantitative estimate of drug-likeness (QED) is 0.707. The third-order valence-corrected chi connectivity index (χ3v) is 9.27. The summed E-state index contributed by atoms with van der Waals surface area (Å²) in [5.74, 6) is 0. The van der Waals surface area contributed by atoms with Crippen molar-refractivity contribution in [3.63, 3.8) is 0 Å². The van der Waals surface area contributed by atoms with Crippen LogP contribution in [-0.2, 0) is 23.3 Å². The number of rotatable bonds is 2. The highest BCUT2D eigenvalue weighted by Gasteiger charge is 2.39. The number of benzene rings is 2. The fourth-order valence-electron chi connectivity index (χ4n) is 5.74. The monoisotopic (exact) mass is 407 g/mol. The molecule has 150 valence electrons. The van der Waals surface area contributed by atoms with Crippen molar-refractivity contribution in [3.05, 3.63) is 59.3 Å². The Morgan fingerprint density at radius 1 is 1.07 bits per heavy atom. The number of hydrogen-bond acceptors (Lipinski definition) is 4. The lowest BCUT2D eigenvalue weighted by molar-refractivity contribution is 0.503. The number of fused-ring (bicyclic) bond motifs is 7. The van der Waals surface area contributed by atoms with Crippen LogP contribution in [0.5, 0.6) is 0 Å². The van der Waals surface area contributed by atoms with E-state index >= 15 is 0 Å². The average Bonchev–Trinajstić information content (AvgIpc) is 3.36. The van der Waals surface area contributed by atoms with Crippen LogP contribution in [0, 0.1) is 0 Å². The highest BCUT2D eigenvalue weighted by molar-refractivity contribution is 7.91. The molecule has 3 aromatic rings. The molecule has 3 aliphatic rings. The number of hydrogen-bond donors (Lipinski definition) is 1. The van der Waals surface area contributed by atoms with Crippen molar-refractivity contribution >= 4 is 26.4 Å². The van der Waals surface area contributed by atoms with Crippen LogP contribution < -0.4 is 10.2 Å².